The van der Waals surface area contributed by atoms with Crippen LogP contribution in [-0.4, -0.2) is 29.9 Å². The maximum absolute atomic E-state index is 14.3. The number of anilines is 1. The number of halogens is 3. The number of nitrogens with one attached hydrogen (secondary N) is 3. The van der Waals surface area contributed by atoms with E-state index in [1.807, 2.05) is 12.1 Å². The Hall–Kier alpha value is -2.15. The Morgan fingerprint density at radius 2 is 1.84 bits per heavy atom. The summed E-state index contributed by atoms with van der Waals surface area (Å²) in [7, 11) is 0. The number of benzene rings is 2. The molecule has 8 heteroatoms. The Bertz CT molecular complexity index is 1240. The summed E-state index contributed by atoms with van der Waals surface area (Å²) in [4.78, 5) is 27.4. The molecule has 2 aromatic carbocycles. The first kappa shape index (κ1) is 27.4. The number of hydrogen-bond acceptors (Lipinski definition) is 3. The fourth-order valence-corrected chi connectivity index (χ4v) is 7.32. The van der Waals surface area contributed by atoms with Crippen molar-refractivity contribution in [2.45, 2.75) is 95.2 Å². The second-order valence-corrected chi connectivity index (χ2v) is 13.3. The van der Waals surface area contributed by atoms with Crippen molar-refractivity contribution in [2.75, 3.05) is 5.32 Å². The third-order valence-corrected chi connectivity index (χ3v) is 8.98. The van der Waals surface area contributed by atoms with Gasteiger partial charge in [0.05, 0.1) is 11.1 Å². The molecule has 0 aromatic heterocycles. The molecule has 1 saturated carbocycles. The zero-order chi connectivity index (χ0) is 27.2. The van der Waals surface area contributed by atoms with Gasteiger partial charge in [0, 0.05) is 40.5 Å². The quantitative estimate of drug-likeness (QED) is 0.389. The molecule has 0 radical (unpaired) electrons. The molecule has 2 heterocycles. The van der Waals surface area contributed by atoms with Crippen molar-refractivity contribution >= 4 is 40.7 Å². The van der Waals surface area contributed by atoms with Gasteiger partial charge in [-0.3, -0.25) is 9.59 Å². The van der Waals surface area contributed by atoms with Gasteiger partial charge in [-0.1, -0.05) is 75.4 Å². The van der Waals surface area contributed by atoms with E-state index in [0.29, 0.717) is 10.7 Å². The number of hydrogen-bond donors (Lipinski definition) is 3. The molecule has 2 aliphatic heterocycles. The Morgan fingerprint density at radius 1 is 1.11 bits per heavy atom. The van der Waals surface area contributed by atoms with E-state index in [4.69, 9.17) is 23.2 Å². The number of rotatable bonds is 4. The van der Waals surface area contributed by atoms with E-state index in [0.717, 1.165) is 43.2 Å². The summed E-state index contributed by atoms with van der Waals surface area (Å²) in [5, 5.41) is 10.5. The third kappa shape index (κ3) is 5.20. The van der Waals surface area contributed by atoms with Crippen LogP contribution in [-0.2, 0) is 15.0 Å². The van der Waals surface area contributed by atoms with Crippen molar-refractivity contribution in [3.63, 3.8) is 0 Å². The Labute approximate surface area is 234 Å². The van der Waals surface area contributed by atoms with E-state index in [9.17, 15) is 14.0 Å². The monoisotopic (exact) mass is 559 g/mol. The molecule has 5 rings (SSSR count). The molecule has 2 amide bonds. The van der Waals surface area contributed by atoms with Gasteiger partial charge in [-0.05, 0) is 60.1 Å². The highest BCUT2D eigenvalue weighted by molar-refractivity contribution is 6.31. The van der Waals surface area contributed by atoms with Crippen molar-refractivity contribution in [3.05, 3.63) is 63.4 Å². The van der Waals surface area contributed by atoms with E-state index < -0.39 is 23.2 Å². The normalized spacial score (nSPS) is 27.7. The maximum atomic E-state index is 14.3. The molecule has 3 aliphatic rings. The van der Waals surface area contributed by atoms with Crippen LogP contribution in [0, 0.1) is 11.2 Å². The van der Waals surface area contributed by atoms with Gasteiger partial charge < -0.3 is 16.0 Å². The third-order valence-electron chi connectivity index (χ3n) is 8.45. The highest BCUT2D eigenvalue weighted by atomic mass is 35.5. The molecule has 5 nitrogen and oxygen atoms in total. The SMILES string of the molecule is CC(C)(C)CC1NC(C(=O)NC2CCCCC2)C(c2ccc(F)c(Cl)c2)C12CC(=O)Nc1cc(Cl)ccc12. The van der Waals surface area contributed by atoms with Crippen LogP contribution in [0.4, 0.5) is 10.1 Å². The smallest absolute Gasteiger partial charge is 0.238 e. The molecule has 3 N–H and O–H groups in total. The first-order valence-corrected chi connectivity index (χ1v) is 14.3. The molecule has 1 saturated heterocycles. The zero-order valence-corrected chi connectivity index (χ0v) is 23.7. The Morgan fingerprint density at radius 3 is 2.53 bits per heavy atom. The molecule has 0 bridgehead atoms. The summed E-state index contributed by atoms with van der Waals surface area (Å²) in [5.41, 5.74) is 1.46. The summed E-state index contributed by atoms with van der Waals surface area (Å²) in [6.07, 6.45) is 6.23. The average Bonchev–Trinajstić information content (AvgIpc) is 3.13. The molecule has 38 heavy (non-hydrogen) atoms. The van der Waals surface area contributed by atoms with Gasteiger partial charge in [-0.2, -0.15) is 0 Å². The van der Waals surface area contributed by atoms with E-state index in [1.54, 1.807) is 18.2 Å². The van der Waals surface area contributed by atoms with Crippen LogP contribution in [0.3, 0.4) is 0 Å². The minimum Gasteiger partial charge on any atom is -0.352 e. The van der Waals surface area contributed by atoms with Crippen molar-refractivity contribution < 1.29 is 14.0 Å². The minimum atomic E-state index is -0.773. The lowest BCUT2D eigenvalue weighted by atomic mass is 9.59. The standard InChI is InChI=1S/C30H36Cl2FN3O2/c1-29(2,3)15-24-30(16-25(37)35-23-14-18(31)10-11-20(23)30)26(17-9-12-22(33)21(32)13-17)27(36-24)28(38)34-19-7-5-4-6-8-19/h9-14,19,24,26-27,36H,4-8,15-16H2,1-3H3,(H,34,38)(H,35,37). The predicted octanol–water partition coefficient (Wildman–Crippen LogP) is 6.72. The van der Waals surface area contributed by atoms with E-state index in [-0.39, 0.29) is 40.8 Å². The molecule has 2 aromatic rings. The van der Waals surface area contributed by atoms with Crippen LogP contribution in [0.1, 0.15) is 82.8 Å². The van der Waals surface area contributed by atoms with Crippen molar-refractivity contribution in [1.29, 1.82) is 0 Å². The molecule has 2 fully saturated rings. The van der Waals surface area contributed by atoms with Crippen LogP contribution in [0.25, 0.3) is 0 Å². The topological polar surface area (TPSA) is 70.2 Å². The highest BCUT2D eigenvalue weighted by Crippen LogP contribution is 2.57. The minimum absolute atomic E-state index is 0.0000457. The van der Waals surface area contributed by atoms with Gasteiger partial charge in [0.1, 0.15) is 5.82 Å². The van der Waals surface area contributed by atoms with Gasteiger partial charge in [0.15, 0.2) is 0 Å². The molecule has 1 spiro atoms. The van der Waals surface area contributed by atoms with Crippen LogP contribution < -0.4 is 16.0 Å². The van der Waals surface area contributed by atoms with Crippen LogP contribution in [0.2, 0.25) is 10.0 Å². The van der Waals surface area contributed by atoms with Gasteiger partial charge >= 0.3 is 0 Å². The van der Waals surface area contributed by atoms with Gasteiger partial charge in [0.25, 0.3) is 0 Å². The van der Waals surface area contributed by atoms with Crippen molar-refractivity contribution in [2.24, 2.45) is 5.41 Å². The van der Waals surface area contributed by atoms with Gasteiger partial charge in [-0.25, -0.2) is 4.39 Å². The number of fused-ring (bicyclic) bond motifs is 2. The van der Waals surface area contributed by atoms with E-state index in [2.05, 4.69) is 36.7 Å². The average molecular weight is 561 g/mol. The summed E-state index contributed by atoms with van der Waals surface area (Å²) in [6.45, 7) is 6.48. The van der Waals surface area contributed by atoms with Crippen LogP contribution in [0.15, 0.2) is 36.4 Å². The van der Waals surface area contributed by atoms with E-state index >= 15 is 0 Å². The van der Waals surface area contributed by atoms with Crippen molar-refractivity contribution in [1.82, 2.24) is 10.6 Å². The molecule has 4 unspecified atom stereocenters. The lowest BCUT2D eigenvalue weighted by molar-refractivity contribution is -0.124. The van der Waals surface area contributed by atoms with Crippen LogP contribution in [0.5, 0.6) is 0 Å². The molecule has 204 valence electrons. The first-order chi connectivity index (χ1) is 18.0. The van der Waals surface area contributed by atoms with E-state index in [1.165, 1.54) is 12.5 Å². The van der Waals surface area contributed by atoms with Gasteiger partial charge in [0.2, 0.25) is 11.8 Å². The summed E-state index contributed by atoms with van der Waals surface area (Å²) < 4.78 is 14.3. The Balaban J connectivity index is 1.69. The van der Waals surface area contributed by atoms with Crippen molar-refractivity contribution in [3.8, 4) is 0 Å². The first-order valence-electron chi connectivity index (χ1n) is 13.6. The largest absolute Gasteiger partial charge is 0.352 e. The fraction of sp³-hybridized carbons (Fsp3) is 0.533. The lowest BCUT2D eigenvalue weighted by Crippen LogP contribution is -2.49. The molecule has 1 aliphatic carbocycles. The summed E-state index contributed by atoms with van der Waals surface area (Å²) >= 11 is 12.7. The number of carbonyl (C=O) groups is 2. The number of amides is 2. The number of carbonyl (C=O) groups excluding carboxylic acids is 2. The second-order valence-electron chi connectivity index (χ2n) is 12.4. The molecular weight excluding hydrogens is 524 g/mol. The zero-order valence-electron chi connectivity index (χ0n) is 22.2. The van der Waals surface area contributed by atoms with Crippen LogP contribution >= 0.6 is 23.2 Å². The molecule has 4 atom stereocenters. The Kier molecular flexibility index (Phi) is 7.53. The summed E-state index contributed by atoms with van der Waals surface area (Å²) in [5.74, 6) is -1.19. The maximum Gasteiger partial charge on any atom is 0.238 e. The molecular formula is C30H36Cl2FN3O2. The predicted molar refractivity (Wildman–Crippen MR) is 150 cm³/mol. The highest BCUT2D eigenvalue weighted by Gasteiger charge is 2.61. The lowest BCUT2D eigenvalue weighted by Gasteiger charge is -2.45. The second kappa shape index (κ2) is 10.4. The summed E-state index contributed by atoms with van der Waals surface area (Å²) in [6, 6.07) is 9.55. The van der Waals surface area contributed by atoms with Gasteiger partial charge in [-0.15, -0.1) is 0 Å². The fourth-order valence-electron chi connectivity index (χ4n) is 6.96.